The maximum atomic E-state index is 4.74. The first-order chi connectivity index (χ1) is 15.8. The molecular weight excluding hydrogens is 396 g/mol. The number of hydrogen-bond acceptors (Lipinski definition) is 4. The SMILES string of the molecule is c1ccc2c(-c3nc4nc5[nH]c(-c6cccc7ccccc67)nc5nc4[nH]3)cccc2c1. The molecule has 0 aliphatic heterocycles. The minimum atomic E-state index is 0.563. The monoisotopic (exact) mass is 412 g/mol. The van der Waals surface area contributed by atoms with Gasteiger partial charge in [-0.2, -0.15) is 0 Å². The lowest BCUT2D eigenvalue weighted by atomic mass is 10.0. The van der Waals surface area contributed by atoms with Gasteiger partial charge in [-0.25, -0.2) is 19.9 Å². The lowest BCUT2D eigenvalue weighted by molar-refractivity contribution is 1.29. The van der Waals surface area contributed by atoms with Crippen LogP contribution in [0.15, 0.2) is 84.9 Å². The van der Waals surface area contributed by atoms with E-state index in [4.69, 9.17) is 19.9 Å². The standard InChI is InChI=1S/C26H16N6/c1-3-11-17-15(7-1)9-5-13-19(17)21-27-23-24(28-21)32-26-25(31-23)29-22(30-26)20-14-6-10-16-8-2-4-12-18(16)20/h1-14H,(H2,27,28,29,30,31,32). The van der Waals surface area contributed by atoms with Gasteiger partial charge in [0.2, 0.25) is 0 Å². The van der Waals surface area contributed by atoms with E-state index in [1.54, 1.807) is 0 Å². The highest BCUT2D eigenvalue weighted by Crippen LogP contribution is 2.30. The second kappa shape index (κ2) is 6.46. The van der Waals surface area contributed by atoms with Crippen LogP contribution in [0.4, 0.5) is 0 Å². The maximum absolute atomic E-state index is 4.74. The van der Waals surface area contributed by atoms with Crippen LogP contribution in [0.5, 0.6) is 0 Å². The molecule has 7 aromatic rings. The van der Waals surface area contributed by atoms with Crippen molar-refractivity contribution in [3.63, 3.8) is 0 Å². The van der Waals surface area contributed by atoms with Gasteiger partial charge in [-0.05, 0) is 21.5 Å². The van der Waals surface area contributed by atoms with Crippen LogP contribution in [0.1, 0.15) is 0 Å². The topological polar surface area (TPSA) is 83.1 Å². The van der Waals surface area contributed by atoms with Crippen molar-refractivity contribution in [1.29, 1.82) is 0 Å². The van der Waals surface area contributed by atoms with E-state index in [1.165, 1.54) is 10.8 Å². The van der Waals surface area contributed by atoms with Crippen LogP contribution in [0.3, 0.4) is 0 Å². The van der Waals surface area contributed by atoms with Crippen LogP contribution in [-0.2, 0) is 0 Å². The zero-order chi connectivity index (χ0) is 21.1. The van der Waals surface area contributed by atoms with Crippen LogP contribution in [-0.4, -0.2) is 29.9 Å². The lowest BCUT2D eigenvalue weighted by Crippen LogP contribution is -1.84. The predicted molar refractivity (Wildman–Crippen MR) is 127 cm³/mol. The van der Waals surface area contributed by atoms with Gasteiger partial charge >= 0.3 is 0 Å². The Bertz CT molecular complexity index is 1600. The molecule has 0 saturated heterocycles. The van der Waals surface area contributed by atoms with Gasteiger partial charge < -0.3 is 9.97 Å². The number of fused-ring (bicyclic) bond motifs is 4. The van der Waals surface area contributed by atoms with Gasteiger partial charge in [0.25, 0.3) is 0 Å². The summed E-state index contributed by atoms with van der Waals surface area (Å²) in [5.74, 6) is 1.50. The number of rotatable bonds is 2. The summed E-state index contributed by atoms with van der Waals surface area (Å²) < 4.78 is 0. The first kappa shape index (κ1) is 17.1. The van der Waals surface area contributed by atoms with Crippen LogP contribution in [0, 0.1) is 0 Å². The van der Waals surface area contributed by atoms with Gasteiger partial charge in [-0.15, -0.1) is 0 Å². The molecule has 0 aliphatic carbocycles. The summed E-state index contributed by atoms with van der Waals surface area (Å²) in [7, 11) is 0. The highest BCUT2D eigenvalue weighted by molar-refractivity contribution is 5.97. The Labute approximate surface area is 182 Å². The quantitative estimate of drug-likeness (QED) is 0.372. The van der Waals surface area contributed by atoms with Crippen molar-refractivity contribution in [2.45, 2.75) is 0 Å². The normalized spacial score (nSPS) is 11.8. The number of nitrogens with one attached hydrogen (secondary N) is 2. The number of H-pyrrole nitrogens is 2. The fraction of sp³-hybridized carbons (Fsp3) is 0. The molecule has 0 amide bonds. The number of imidazole rings is 2. The highest BCUT2D eigenvalue weighted by Gasteiger charge is 2.15. The Morgan fingerprint density at radius 3 is 1.38 bits per heavy atom. The largest absolute Gasteiger partial charge is 0.321 e. The molecule has 0 spiro atoms. The zero-order valence-corrected chi connectivity index (χ0v) is 16.9. The van der Waals surface area contributed by atoms with E-state index in [-0.39, 0.29) is 0 Å². The fourth-order valence-corrected chi connectivity index (χ4v) is 4.35. The Hall–Kier alpha value is -4.58. The van der Waals surface area contributed by atoms with Crippen molar-refractivity contribution in [2.24, 2.45) is 0 Å². The first-order valence-corrected chi connectivity index (χ1v) is 10.4. The Morgan fingerprint density at radius 2 is 0.875 bits per heavy atom. The molecule has 150 valence electrons. The molecule has 0 unspecified atom stereocenters. The smallest absolute Gasteiger partial charge is 0.199 e. The van der Waals surface area contributed by atoms with Crippen LogP contribution in [0.25, 0.3) is 66.9 Å². The molecule has 32 heavy (non-hydrogen) atoms. The molecule has 0 bridgehead atoms. The van der Waals surface area contributed by atoms with Crippen molar-refractivity contribution in [3.8, 4) is 22.8 Å². The number of hydrogen-bond donors (Lipinski definition) is 2. The average Bonchev–Trinajstić information content (AvgIpc) is 3.44. The summed E-state index contributed by atoms with van der Waals surface area (Å²) in [4.78, 5) is 25.6. The third-order valence-electron chi connectivity index (χ3n) is 5.86. The molecule has 2 N–H and O–H groups in total. The Morgan fingerprint density at radius 1 is 0.438 bits per heavy atom. The summed E-state index contributed by atoms with van der Waals surface area (Å²) in [6.45, 7) is 0. The molecular formula is C26H16N6. The summed E-state index contributed by atoms with van der Waals surface area (Å²) in [6, 6.07) is 28.9. The van der Waals surface area contributed by atoms with E-state index in [0.717, 1.165) is 33.5 Å². The zero-order valence-electron chi connectivity index (χ0n) is 16.9. The number of aromatic nitrogens is 6. The lowest BCUT2D eigenvalue weighted by Gasteiger charge is -2.03. The van der Waals surface area contributed by atoms with Gasteiger partial charge in [0.15, 0.2) is 22.6 Å². The summed E-state index contributed by atoms with van der Waals surface area (Å²) >= 11 is 0. The summed E-state index contributed by atoms with van der Waals surface area (Å²) in [6.07, 6.45) is 0. The van der Waals surface area contributed by atoms with Gasteiger partial charge in [-0.1, -0.05) is 84.9 Å². The summed E-state index contributed by atoms with van der Waals surface area (Å²) in [5.41, 5.74) is 4.42. The predicted octanol–water partition coefficient (Wildman–Crippen LogP) is 5.87. The van der Waals surface area contributed by atoms with Gasteiger partial charge in [0, 0.05) is 11.1 Å². The summed E-state index contributed by atoms with van der Waals surface area (Å²) in [5, 5.41) is 4.60. The average molecular weight is 412 g/mol. The minimum absolute atomic E-state index is 0.563. The van der Waals surface area contributed by atoms with Crippen LogP contribution < -0.4 is 0 Å². The third-order valence-corrected chi connectivity index (χ3v) is 5.86. The van der Waals surface area contributed by atoms with E-state index in [2.05, 4.69) is 58.5 Å². The highest BCUT2D eigenvalue weighted by atomic mass is 15.1. The van der Waals surface area contributed by atoms with Crippen LogP contribution in [0.2, 0.25) is 0 Å². The molecule has 3 heterocycles. The van der Waals surface area contributed by atoms with Crippen molar-refractivity contribution in [1.82, 2.24) is 29.9 Å². The van der Waals surface area contributed by atoms with E-state index >= 15 is 0 Å². The van der Waals surface area contributed by atoms with Crippen LogP contribution >= 0.6 is 0 Å². The molecule has 7 rings (SSSR count). The number of nitrogens with zero attached hydrogens (tertiary/aromatic N) is 4. The number of benzene rings is 4. The fourth-order valence-electron chi connectivity index (χ4n) is 4.35. The van der Waals surface area contributed by atoms with Crippen molar-refractivity contribution >= 4 is 44.1 Å². The number of aromatic amines is 2. The molecule has 0 saturated carbocycles. The Balaban J connectivity index is 1.39. The second-order valence-electron chi connectivity index (χ2n) is 7.79. The molecule has 6 nitrogen and oxygen atoms in total. The van der Waals surface area contributed by atoms with E-state index in [1.807, 2.05) is 36.4 Å². The Kier molecular flexibility index (Phi) is 3.46. The molecule has 0 atom stereocenters. The van der Waals surface area contributed by atoms with Crippen molar-refractivity contribution < 1.29 is 0 Å². The molecule has 0 fully saturated rings. The first-order valence-electron chi connectivity index (χ1n) is 10.4. The molecule has 0 radical (unpaired) electrons. The van der Waals surface area contributed by atoms with Gasteiger partial charge in [-0.3, -0.25) is 0 Å². The van der Waals surface area contributed by atoms with Gasteiger partial charge in [0.05, 0.1) is 0 Å². The minimum Gasteiger partial charge on any atom is -0.321 e. The van der Waals surface area contributed by atoms with Gasteiger partial charge in [0.1, 0.15) is 11.6 Å². The molecule has 3 aromatic heterocycles. The van der Waals surface area contributed by atoms with E-state index < -0.39 is 0 Å². The molecule has 0 aliphatic rings. The van der Waals surface area contributed by atoms with Crippen molar-refractivity contribution in [2.75, 3.05) is 0 Å². The molecule has 6 heteroatoms. The van der Waals surface area contributed by atoms with E-state index in [0.29, 0.717) is 22.6 Å². The van der Waals surface area contributed by atoms with Crippen molar-refractivity contribution in [3.05, 3.63) is 84.9 Å². The second-order valence-corrected chi connectivity index (χ2v) is 7.79. The third kappa shape index (κ3) is 2.53. The molecule has 4 aromatic carbocycles. The van der Waals surface area contributed by atoms with E-state index in [9.17, 15) is 0 Å². The maximum Gasteiger partial charge on any atom is 0.199 e.